The Balaban J connectivity index is 1.53. The summed E-state index contributed by atoms with van der Waals surface area (Å²) in [6.45, 7) is 1.51. The van der Waals surface area contributed by atoms with Crippen molar-refractivity contribution < 1.29 is 23.7 Å². The molecule has 0 aromatic heterocycles. The number of carbonyl (C=O) groups is 1. The Bertz CT molecular complexity index is 351. The van der Waals surface area contributed by atoms with Crippen LogP contribution in [0.3, 0.4) is 0 Å². The molecule has 1 atom stereocenters. The molecule has 0 aliphatic carbocycles. The number of carbonyl (C=O) groups excluding carboxylic acids is 1. The molecular formula is C12H14O5. The molecule has 1 aliphatic heterocycles. The van der Waals surface area contributed by atoms with Crippen LogP contribution in [0.1, 0.15) is 0 Å². The molecule has 1 heterocycles. The maximum Gasteiger partial charge on any atom is 0.508 e. The van der Waals surface area contributed by atoms with Crippen LogP contribution < -0.4 is 4.74 Å². The van der Waals surface area contributed by atoms with Gasteiger partial charge in [0.2, 0.25) is 0 Å². The Morgan fingerprint density at radius 1 is 1.24 bits per heavy atom. The lowest BCUT2D eigenvalue weighted by Crippen LogP contribution is -2.20. The van der Waals surface area contributed by atoms with E-state index in [0.29, 0.717) is 19.8 Å². The van der Waals surface area contributed by atoms with Crippen LogP contribution in [-0.2, 0) is 14.2 Å². The van der Waals surface area contributed by atoms with E-state index < -0.39 is 6.16 Å². The Labute approximate surface area is 99.2 Å². The van der Waals surface area contributed by atoms with Crippen LogP contribution in [-0.4, -0.2) is 38.7 Å². The Hall–Kier alpha value is -1.75. The molecule has 0 N–H and O–H groups in total. The van der Waals surface area contributed by atoms with Crippen LogP contribution in [0.15, 0.2) is 30.3 Å². The zero-order chi connectivity index (χ0) is 11.9. The van der Waals surface area contributed by atoms with Gasteiger partial charge in [-0.25, -0.2) is 4.79 Å². The highest BCUT2D eigenvalue weighted by Gasteiger charge is 2.24. The van der Waals surface area contributed by atoms with Crippen molar-refractivity contribution in [2.75, 3.05) is 26.4 Å². The Morgan fingerprint density at radius 2 is 2.06 bits per heavy atom. The first kappa shape index (κ1) is 11.7. The van der Waals surface area contributed by atoms with E-state index in [4.69, 9.17) is 14.2 Å². The predicted molar refractivity (Wildman–Crippen MR) is 59.0 cm³/mol. The first-order chi connectivity index (χ1) is 8.34. The molecule has 1 unspecified atom stereocenters. The van der Waals surface area contributed by atoms with E-state index in [1.54, 1.807) is 0 Å². The molecule has 0 radical (unpaired) electrons. The van der Waals surface area contributed by atoms with Gasteiger partial charge in [0.15, 0.2) is 6.10 Å². The zero-order valence-corrected chi connectivity index (χ0v) is 9.33. The minimum Gasteiger partial charge on any atom is -0.491 e. The van der Waals surface area contributed by atoms with Crippen LogP contribution in [0.5, 0.6) is 5.75 Å². The second kappa shape index (κ2) is 6.10. The van der Waals surface area contributed by atoms with Gasteiger partial charge in [0, 0.05) is 0 Å². The minimum absolute atomic E-state index is 0.262. The molecule has 5 heteroatoms. The molecule has 2 rings (SSSR count). The summed E-state index contributed by atoms with van der Waals surface area (Å²) in [7, 11) is 0. The number of cyclic esters (lactones) is 2. The van der Waals surface area contributed by atoms with Crippen LogP contribution >= 0.6 is 0 Å². The quantitative estimate of drug-likeness (QED) is 0.556. The molecule has 1 fully saturated rings. The third-order valence-corrected chi connectivity index (χ3v) is 2.19. The van der Waals surface area contributed by atoms with Gasteiger partial charge in [-0.1, -0.05) is 18.2 Å². The summed E-state index contributed by atoms with van der Waals surface area (Å²) in [5.74, 6) is 0.812. The average molecular weight is 238 g/mol. The minimum atomic E-state index is -0.626. The highest BCUT2D eigenvalue weighted by atomic mass is 16.8. The van der Waals surface area contributed by atoms with Gasteiger partial charge in [0.05, 0.1) is 13.2 Å². The van der Waals surface area contributed by atoms with Gasteiger partial charge in [0.1, 0.15) is 19.0 Å². The van der Waals surface area contributed by atoms with Crippen LogP contribution in [0, 0.1) is 0 Å². The first-order valence-corrected chi connectivity index (χ1v) is 5.43. The molecular weight excluding hydrogens is 224 g/mol. The van der Waals surface area contributed by atoms with Crippen molar-refractivity contribution in [3.63, 3.8) is 0 Å². The fourth-order valence-corrected chi connectivity index (χ4v) is 1.40. The van der Waals surface area contributed by atoms with Crippen molar-refractivity contribution in [1.29, 1.82) is 0 Å². The summed E-state index contributed by atoms with van der Waals surface area (Å²) in [6.07, 6.45) is -0.918. The van der Waals surface area contributed by atoms with Gasteiger partial charge >= 0.3 is 6.16 Å². The molecule has 92 valence electrons. The van der Waals surface area contributed by atoms with Gasteiger partial charge < -0.3 is 18.9 Å². The molecule has 1 aromatic carbocycles. The highest BCUT2D eigenvalue weighted by Crippen LogP contribution is 2.08. The highest BCUT2D eigenvalue weighted by molar-refractivity contribution is 5.61. The number of hydrogen-bond donors (Lipinski definition) is 0. The number of benzene rings is 1. The monoisotopic (exact) mass is 238 g/mol. The topological polar surface area (TPSA) is 54.0 Å². The van der Waals surface area contributed by atoms with Crippen molar-refractivity contribution in [1.82, 2.24) is 0 Å². The van der Waals surface area contributed by atoms with Crippen molar-refractivity contribution in [2.45, 2.75) is 6.10 Å². The maximum atomic E-state index is 10.6. The van der Waals surface area contributed by atoms with Crippen molar-refractivity contribution in [2.24, 2.45) is 0 Å². The second-order valence-electron chi connectivity index (χ2n) is 3.54. The van der Waals surface area contributed by atoms with Gasteiger partial charge in [-0.15, -0.1) is 0 Å². The SMILES string of the molecule is O=C1OCC(COCCOc2ccccc2)O1. The molecule has 0 amide bonds. The molecule has 0 saturated carbocycles. The van der Waals surface area contributed by atoms with Gasteiger partial charge in [-0.05, 0) is 12.1 Å². The number of ether oxygens (including phenoxy) is 4. The zero-order valence-electron chi connectivity index (χ0n) is 9.33. The third kappa shape index (κ3) is 3.96. The lowest BCUT2D eigenvalue weighted by Gasteiger charge is -2.08. The van der Waals surface area contributed by atoms with E-state index in [1.807, 2.05) is 30.3 Å². The van der Waals surface area contributed by atoms with Crippen LogP contribution in [0.2, 0.25) is 0 Å². The number of hydrogen-bond acceptors (Lipinski definition) is 5. The lowest BCUT2D eigenvalue weighted by atomic mass is 10.3. The van der Waals surface area contributed by atoms with Gasteiger partial charge in [0.25, 0.3) is 0 Å². The summed E-state index contributed by atoms with van der Waals surface area (Å²) in [5.41, 5.74) is 0. The van der Waals surface area contributed by atoms with Crippen molar-refractivity contribution >= 4 is 6.16 Å². The Kier molecular flexibility index (Phi) is 4.21. The number of para-hydroxylation sites is 1. The summed E-state index contributed by atoms with van der Waals surface area (Å²) < 4.78 is 20.2. The summed E-state index contributed by atoms with van der Waals surface area (Å²) in [5, 5.41) is 0. The maximum absolute atomic E-state index is 10.6. The molecule has 17 heavy (non-hydrogen) atoms. The molecule has 1 aromatic rings. The standard InChI is InChI=1S/C12H14O5/c13-12-16-9-11(17-12)8-14-6-7-15-10-4-2-1-3-5-10/h1-5,11H,6-9H2. The van der Waals surface area contributed by atoms with E-state index in [2.05, 4.69) is 4.74 Å². The van der Waals surface area contributed by atoms with Gasteiger partial charge in [-0.3, -0.25) is 0 Å². The van der Waals surface area contributed by atoms with Crippen LogP contribution in [0.4, 0.5) is 4.79 Å². The Morgan fingerprint density at radius 3 is 2.76 bits per heavy atom. The van der Waals surface area contributed by atoms with Crippen molar-refractivity contribution in [3.8, 4) is 5.75 Å². The van der Waals surface area contributed by atoms with Crippen molar-refractivity contribution in [3.05, 3.63) is 30.3 Å². The largest absolute Gasteiger partial charge is 0.508 e. The molecule has 0 spiro atoms. The fourth-order valence-electron chi connectivity index (χ4n) is 1.40. The normalized spacial score (nSPS) is 18.6. The van der Waals surface area contributed by atoms with E-state index in [1.165, 1.54) is 0 Å². The van der Waals surface area contributed by atoms with Crippen LogP contribution in [0.25, 0.3) is 0 Å². The van der Waals surface area contributed by atoms with E-state index in [-0.39, 0.29) is 12.7 Å². The van der Waals surface area contributed by atoms with E-state index >= 15 is 0 Å². The van der Waals surface area contributed by atoms with E-state index in [0.717, 1.165) is 5.75 Å². The second-order valence-corrected chi connectivity index (χ2v) is 3.54. The predicted octanol–water partition coefficient (Wildman–Crippen LogP) is 1.62. The fraction of sp³-hybridized carbons (Fsp3) is 0.417. The molecule has 1 saturated heterocycles. The molecule has 5 nitrogen and oxygen atoms in total. The summed E-state index contributed by atoms with van der Waals surface area (Å²) in [6, 6.07) is 9.51. The van der Waals surface area contributed by atoms with E-state index in [9.17, 15) is 4.79 Å². The number of rotatable bonds is 6. The molecule has 1 aliphatic rings. The molecule has 0 bridgehead atoms. The summed E-state index contributed by atoms with van der Waals surface area (Å²) >= 11 is 0. The first-order valence-electron chi connectivity index (χ1n) is 5.43. The average Bonchev–Trinajstić information content (AvgIpc) is 2.76. The summed E-state index contributed by atoms with van der Waals surface area (Å²) in [4.78, 5) is 10.6. The lowest BCUT2D eigenvalue weighted by molar-refractivity contribution is 0.0337. The third-order valence-electron chi connectivity index (χ3n) is 2.19. The van der Waals surface area contributed by atoms with Gasteiger partial charge in [-0.2, -0.15) is 0 Å². The smallest absolute Gasteiger partial charge is 0.491 e.